The molecule has 1 aromatic rings. The van der Waals surface area contributed by atoms with Crippen molar-refractivity contribution in [1.82, 2.24) is 5.32 Å². The topological polar surface area (TPSA) is 66.5 Å². The molecule has 0 radical (unpaired) electrons. The molecular weight excluding hydrogens is 324 g/mol. The van der Waals surface area contributed by atoms with Crippen molar-refractivity contribution in [3.63, 3.8) is 0 Å². The average molecular weight is 339 g/mol. The number of amides is 4. The molecule has 1 fully saturated rings. The molecule has 20 heavy (non-hydrogen) atoms. The van der Waals surface area contributed by atoms with E-state index < -0.39 is 23.8 Å². The highest BCUT2D eigenvalue weighted by Gasteiger charge is 2.40. The number of imide groups is 2. The van der Waals surface area contributed by atoms with E-state index in [1.165, 1.54) is 0 Å². The lowest BCUT2D eigenvalue weighted by atomic mass is 9.99. The smallest absolute Gasteiger partial charge is 0.277 e. The normalized spacial score (nSPS) is 19.2. The van der Waals surface area contributed by atoms with E-state index in [1.807, 2.05) is 19.9 Å². The number of carbonyl (C=O) groups excluding carboxylic acids is 3. The van der Waals surface area contributed by atoms with Crippen LogP contribution in [0, 0.1) is 12.8 Å². The third-order valence-corrected chi connectivity index (χ3v) is 4.11. The van der Waals surface area contributed by atoms with E-state index in [0.717, 1.165) is 14.9 Å². The summed E-state index contributed by atoms with van der Waals surface area (Å²) in [4.78, 5) is 37.0. The fourth-order valence-corrected chi connectivity index (χ4v) is 2.49. The molecule has 1 aliphatic rings. The maximum absolute atomic E-state index is 12.4. The van der Waals surface area contributed by atoms with Crippen molar-refractivity contribution in [3.8, 4) is 0 Å². The lowest BCUT2D eigenvalue weighted by Gasteiger charge is -2.30. The van der Waals surface area contributed by atoms with Crippen LogP contribution in [0.3, 0.4) is 0 Å². The lowest BCUT2D eigenvalue weighted by Crippen LogP contribution is -2.58. The second-order valence-corrected chi connectivity index (χ2v) is 5.60. The number of aryl methyl sites for hydroxylation is 1. The Morgan fingerprint density at radius 2 is 2.00 bits per heavy atom. The van der Waals surface area contributed by atoms with Crippen molar-refractivity contribution in [2.45, 2.75) is 26.7 Å². The molecule has 0 aromatic heterocycles. The predicted octanol–water partition coefficient (Wildman–Crippen LogP) is 2.76. The van der Waals surface area contributed by atoms with Crippen molar-refractivity contribution in [3.05, 3.63) is 28.2 Å². The Morgan fingerprint density at radius 1 is 1.30 bits per heavy atom. The highest BCUT2D eigenvalue weighted by molar-refractivity contribution is 9.10. The van der Waals surface area contributed by atoms with Crippen LogP contribution < -0.4 is 10.2 Å². The summed E-state index contributed by atoms with van der Waals surface area (Å²) in [5.74, 6) is -1.77. The number of anilines is 1. The summed E-state index contributed by atoms with van der Waals surface area (Å²) >= 11 is 3.37. The number of nitrogens with one attached hydrogen (secondary N) is 1. The van der Waals surface area contributed by atoms with Crippen molar-refractivity contribution in [2.24, 2.45) is 5.92 Å². The standard InChI is InChI=1S/C14H15BrN2O3/c1-3-4-10-12(18)16-14(20)17(13(10)19)9-6-5-8(2)11(15)7-9/h5-7,10H,3-4H2,1-2H3,(H,16,18,20). The number of halogens is 1. The highest BCUT2D eigenvalue weighted by Crippen LogP contribution is 2.27. The molecule has 5 nitrogen and oxygen atoms in total. The third-order valence-electron chi connectivity index (χ3n) is 3.26. The van der Waals surface area contributed by atoms with Gasteiger partial charge in [-0.1, -0.05) is 35.3 Å². The first-order valence-corrected chi connectivity index (χ1v) is 7.20. The van der Waals surface area contributed by atoms with Crippen LogP contribution in [-0.4, -0.2) is 17.8 Å². The molecule has 4 amide bonds. The number of benzene rings is 1. The Hall–Kier alpha value is -1.69. The molecule has 1 atom stereocenters. The van der Waals surface area contributed by atoms with Crippen LogP contribution in [0.1, 0.15) is 25.3 Å². The molecule has 1 aromatic carbocycles. The number of hydrogen-bond donors (Lipinski definition) is 1. The molecule has 106 valence electrons. The number of barbiturate groups is 1. The molecule has 1 heterocycles. The summed E-state index contributed by atoms with van der Waals surface area (Å²) in [5.41, 5.74) is 1.46. The number of urea groups is 1. The lowest BCUT2D eigenvalue weighted by molar-refractivity contribution is -0.134. The summed E-state index contributed by atoms with van der Waals surface area (Å²) in [6, 6.07) is 4.51. The second kappa shape index (κ2) is 5.75. The molecule has 0 saturated carbocycles. The quantitative estimate of drug-likeness (QED) is 0.861. The Bertz CT molecular complexity index is 586. The van der Waals surface area contributed by atoms with Crippen molar-refractivity contribution in [1.29, 1.82) is 0 Å². The molecule has 0 aliphatic carbocycles. The summed E-state index contributed by atoms with van der Waals surface area (Å²) < 4.78 is 0.805. The number of nitrogens with zero attached hydrogens (tertiary/aromatic N) is 1. The second-order valence-electron chi connectivity index (χ2n) is 4.74. The van der Waals surface area contributed by atoms with Crippen LogP contribution in [0.2, 0.25) is 0 Å². The molecular formula is C14H15BrN2O3. The van der Waals surface area contributed by atoms with Gasteiger partial charge < -0.3 is 0 Å². The van der Waals surface area contributed by atoms with Gasteiger partial charge in [0, 0.05) is 4.47 Å². The maximum atomic E-state index is 12.4. The van der Waals surface area contributed by atoms with Gasteiger partial charge in [-0.05, 0) is 31.0 Å². The first kappa shape index (κ1) is 14.7. The van der Waals surface area contributed by atoms with Crippen molar-refractivity contribution >= 4 is 39.5 Å². The summed E-state index contributed by atoms with van der Waals surface area (Å²) in [6.07, 6.45) is 1.13. The zero-order chi connectivity index (χ0) is 14.9. The minimum absolute atomic E-state index is 0.432. The fourth-order valence-electron chi connectivity index (χ4n) is 2.13. The SMILES string of the molecule is CCCC1C(=O)NC(=O)N(c2ccc(C)c(Br)c2)C1=O. The molecule has 1 unspecified atom stereocenters. The van der Waals surface area contributed by atoms with E-state index in [-0.39, 0.29) is 0 Å². The molecule has 1 aliphatic heterocycles. The van der Waals surface area contributed by atoms with Gasteiger partial charge in [0.25, 0.3) is 0 Å². The van der Waals surface area contributed by atoms with Crippen LogP contribution in [-0.2, 0) is 9.59 Å². The summed E-state index contributed by atoms with van der Waals surface area (Å²) in [7, 11) is 0. The van der Waals surface area contributed by atoms with Gasteiger partial charge in [-0.3, -0.25) is 14.9 Å². The van der Waals surface area contributed by atoms with E-state index >= 15 is 0 Å². The van der Waals surface area contributed by atoms with E-state index in [9.17, 15) is 14.4 Å². The minimum Gasteiger partial charge on any atom is -0.277 e. The largest absolute Gasteiger partial charge is 0.335 e. The first-order valence-electron chi connectivity index (χ1n) is 6.40. The Morgan fingerprint density at radius 3 is 2.60 bits per heavy atom. The average Bonchev–Trinajstić information content (AvgIpc) is 2.38. The Kier molecular flexibility index (Phi) is 4.23. The van der Waals surface area contributed by atoms with Crippen LogP contribution in [0.25, 0.3) is 0 Å². The summed E-state index contributed by atoms with van der Waals surface area (Å²) in [6.45, 7) is 3.80. The van der Waals surface area contributed by atoms with Crippen molar-refractivity contribution in [2.75, 3.05) is 4.90 Å². The minimum atomic E-state index is -0.794. The fraction of sp³-hybridized carbons (Fsp3) is 0.357. The van der Waals surface area contributed by atoms with Gasteiger partial charge in [0.15, 0.2) is 0 Å². The molecule has 0 bridgehead atoms. The van der Waals surface area contributed by atoms with Gasteiger partial charge in [-0.15, -0.1) is 0 Å². The van der Waals surface area contributed by atoms with Crippen LogP contribution >= 0.6 is 15.9 Å². The van der Waals surface area contributed by atoms with Crippen molar-refractivity contribution < 1.29 is 14.4 Å². The molecule has 1 N–H and O–H groups in total. The molecule has 6 heteroatoms. The van der Waals surface area contributed by atoms with Gasteiger partial charge in [0.2, 0.25) is 11.8 Å². The van der Waals surface area contributed by atoms with Gasteiger partial charge in [0.05, 0.1) is 5.69 Å². The monoisotopic (exact) mass is 338 g/mol. The predicted molar refractivity (Wildman–Crippen MR) is 78.3 cm³/mol. The first-order chi connectivity index (χ1) is 9.45. The maximum Gasteiger partial charge on any atom is 0.335 e. The number of hydrogen-bond acceptors (Lipinski definition) is 3. The van der Waals surface area contributed by atoms with Gasteiger partial charge in [0.1, 0.15) is 5.92 Å². The van der Waals surface area contributed by atoms with Gasteiger partial charge in [-0.2, -0.15) is 0 Å². The van der Waals surface area contributed by atoms with Crippen LogP contribution in [0.5, 0.6) is 0 Å². The van der Waals surface area contributed by atoms with Crippen LogP contribution in [0.15, 0.2) is 22.7 Å². The van der Waals surface area contributed by atoms with E-state index in [2.05, 4.69) is 21.2 Å². The molecule has 0 spiro atoms. The number of carbonyl (C=O) groups is 3. The number of rotatable bonds is 3. The Labute approximate surface area is 125 Å². The Balaban J connectivity index is 2.38. The summed E-state index contributed by atoms with van der Waals surface area (Å²) in [5, 5.41) is 2.24. The van der Waals surface area contributed by atoms with E-state index in [0.29, 0.717) is 18.5 Å². The van der Waals surface area contributed by atoms with Gasteiger partial charge in [-0.25, -0.2) is 9.69 Å². The molecule has 1 saturated heterocycles. The zero-order valence-electron chi connectivity index (χ0n) is 11.3. The molecule has 2 rings (SSSR count). The zero-order valence-corrected chi connectivity index (χ0v) is 12.9. The highest BCUT2D eigenvalue weighted by atomic mass is 79.9. The van der Waals surface area contributed by atoms with E-state index in [4.69, 9.17) is 0 Å². The van der Waals surface area contributed by atoms with Crippen LogP contribution in [0.4, 0.5) is 10.5 Å². The van der Waals surface area contributed by atoms with Gasteiger partial charge >= 0.3 is 6.03 Å². The third kappa shape index (κ3) is 2.60. The van der Waals surface area contributed by atoms with E-state index in [1.54, 1.807) is 12.1 Å².